The van der Waals surface area contributed by atoms with E-state index < -0.39 is 12.0 Å². The van der Waals surface area contributed by atoms with Gasteiger partial charge in [-0.05, 0) is 6.42 Å². The molecule has 0 spiro atoms. The monoisotopic (exact) mass is 342 g/mol. The highest BCUT2D eigenvalue weighted by Gasteiger charge is 2.12. The first kappa shape index (κ1) is 23.4. The number of hydrogen-bond acceptors (Lipinski definition) is 4. The van der Waals surface area contributed by atoms with E-state index in [0.29, 0.717) is 6.42 Å². The molecule has 0 heterocycles. The van der Waals surface area contributed by atoms with E-state index in [9.17, 15) is 4.79 Å². The maximum atomic E-state index is 11.0. The summed E-state index contributed by atoms with van der Waals surface area (Å²) >= 11 is 0. The average molecular weight is 343 g/mol. The van der Waals surface area contributed by atoms with Gasteiger partial charge in [-0.15, -0.1) is 0 Å². The van der Waals surface area contributed by atoms with Crippen LogP contribution in [0.1, 0.15) is 116 Å². The summed E-state index contributed by atoms with van der Waals surface area (Å²) in [5, 5.41) is 0. The van der Waals surface area contributed by atoms with Gasteiger partial charge < -0.3 is 10.6 Å². The summed E-state index contributed by atoms with van der Waals surface area (Å²) in [7, 11) is 0. The zero-order chi connectivity index (χ0) is 17.9. The number of nitrogens with two attached hydrogens (primary N) is 2. The van der Waals surface area contributed by atoms with Crippen molar-refractivity contribution in [2.24, 2.45) is 11.6 Å². The van der Waals surface area contributed by atoms with Crippen LogP contribution in [0.2, 0.25) is 0 Å². The highest BCUT2D eigenvalue weighted by atomic mass is 16.7. The van der Waals surface area contributed by atoms with Crippen LogP contribution < -0.4 is 11.6 Å². The molecule has 0 rings (SSSR count). The zero-order valence-electron chi connectivity index (χ0n) is 16.1. The predicted octanol–water partition coefficient (Wildman–Crippen LogP) is 5.38. The van der Waals surface area contributed by atoms with Crippen molar-refractivity contribution in [3.8, 4) is 0 Å². The van der Waals surface area contributed by atoms with Gasteiger partial charge in [0, 0.05) is 0 Å². The number of carbonyl (C=O) groups is 1. The first-order valence-electron chi connectivity index (χ1n) is 10.4. The van der Waals surface area contributed by atoms with Gasteiger partial charge in [0.2, 0.25) is 0 Å². The molecule has 0 aliphatic rings. The summed E-state index contributed by atoms with van der Waals surface area (Å²) in [5.74, 6) is 4.30. The Labute approximate surface area is 150 Å². The largest absolute Gasteiger partial charge is 0.372 e. The Morgan fingerprint density at radius 1 is 0.708 bits per heavy atom. The number of carbonyl (C=O) groups excluding carboxylic acids is 1. The van der Waals surface area contributed by atoms with Crippen LogP contribution in [-0.2, 0) is 9.63 Å². The Balaban J connectivity index is 3.09. The lowest BCUT2D eigenvalue weighted by Crippen LogP contribution is -2.33. The van der Waals surface area contributed by atoms with Gasteiger partial charge in [0.15, 0.2) is 0 Å². The Kier molecular flexibility index (Phi) is 18.2. The third kappa shape index (κ3) is 16.3. The van der Waals surface area contributed by atoms with Gasteiger partial charge in [0.05, 0.1) is 0 Å². The fourth-order valence-corrected chi connectivity index (χ4v) is 3.12. The lowest BCUT2D eigenvalue weighted by molar-refractivity contribution is -0.145. The van der Waals surface area contributed by atoms with Crippen molar-refractivity contribution in [3.63, 3.8) is 0 Å². The molecule has 0 saturated carbocycles. The molecule has 4 N–H and O–H groups in total. The molecule has 4 heteroatoms. The standard InChI is InChI=1S/C20H42N2O2/c1-2-3-4-5-6-7-8-9-10-11-12-13-14-15-16-17-18-19(21)20(23)24-22/h19H,2-18,21-22H2,1H3. The van der Waals surface area contributed by atoms with Crippen LogP contribution in [0.4, 0.5) is 0 Å². The summed E-state index contributed by atoms with van der Waals surface area (Å²) < 4.78 is 0. The van der Waals surface area contributed by atoms with Crippen LogP contribution in [0.25, 0.3) is 0 Å². The van der Waals surface area contributed by atoms with Crippen LogP contribution in [0.3, 0.4) is 0 Å². The zero-order valence-corrected chi connectivity index (χ0v) is 16.1. The van der Waals surface area contributed by atoms with E-state index in [-0.39, 0.29) is 0 Å². The van der Waals surface area contributed by atoms with Crippen molar-refractivity contribution < 1.29 is 9.63 Å². The molecule has 1 unspecified atom stereocenters. The third-order valence-corrected chi connectivity index (χ3v) is 4.79. The highest BCUT2D eigenvalue weighted by molar-refractivity contribution is 5.74. The van der Waals surface area contributed by atoms with Crippen LogP contribution in [-0.4, -0.2) is 12.0 Å². The predicted molar refractivity (Wildman–Crippen MR) is 102 cm³/mol. The molecular weight excluding hydrogens is 300 g/mol. The van der Waals surface area contributed by atoms with Crippen LogP contribution in [0, 0.1) is 0 Å². The van der Waals surface area contributed by atoms with Gasteiger partial charge in [-0.25, -0.2) is 4.79 Å². The van der Waals surface area contributed by atoms with E-state index in [1.165, 1.54) is 89.9 Å². The first-order valence-corrected chi connectivity index (χ1v) is 10.4. The summed E-state index contributed by atoms with van der Waals surface area (Å²) in [6, 6.07) is -0.554. The fraction of sp³-hybridized carbons (Fsp3) is 0.950. The first-order chi connectivity index (χ1) is 11.7. The normalized spacial score (nSPS) is 12.3. The van der Waals surface area contributed by atoms with E-state index in [0.717, 1.165) is 12.8 Å². The molecule has 1 atom stereocenters. The Morgan fingerprint density at radius 3 is 1.38 bits per heavy atom. The van der Waals surface area contributed by atoms with Gasteiger partial charge in [-0.1, -0.05) is 110 Å². The minimum absolute atomic E-state index is 0.504. The van der Waals surface area contributed by atoms with E-state index in [1.807, 2.05) is 0 Å². The summed E-state index contributed by atoms with van der Waals surface area (Å²) in [5.41, 5.74) is 5.63. The van der Waals surface area contributed by atoms with Crippen molar-refractivity contribution in [2.45, 2.75) is 122 Å². The fourth-order valence-electron chi connectivity index (χ4n) is 3.12. The Bertz CT molecular complexity index is 272. The molecule has 0 fully saturated rings. The van der Waals surface area contributed by atoms with Gasteiger partial charge in [-0.3, -0.25) is 0 Å². The molecule has 0 saturated heterocycles. The molecule has 0 aromatic rings. The SMILES string of the molecule is CCCCCCCCCCCCCCCCCCC(N)C(=O)ON. The maximum absolute atomic E-state index is 11.0. The molecule has 0 aromatic heterocycles. The van der Waals surface area contributed by atoms with Crippen molar-refractivity contribution >= 4 is 5.97 Å². The molecule has 144 valence electrons. The minimum atomic E-state index is -0.554. The average Bonchev–Trinajstić information content (AvgIpc) is 2.60. The van der Waals surface area contributed by atoms with Crippen molar-refractivity contribution in [1.82, 2.24) is 0 Å². The second-order valence-corrected chi connectivity index (χ2v) is 7.14. The molecule has 4 nitrogen and oxygen atoms in total. The maximum Gasteiger partial charge on any atom is 0.341 e. The third-order valence-electron chi connectivity index (χ3n) is 4.79. The molecular formula is C20H42N2O2. The second kappa shape index (κ2) is 18.7. The highest BCUT2D eigenvalue weighted by Crippen LogP contribution is 2.14. The van der Waals surface area contributed by atoms with Gasteiger partial charge in [-0.2, -0.15) is 5.90 Å². The Morgan fingerprint density at radius 2 is 1.04 bits per heavy atom. The lowest BCUT2D eigenvalue weighted by Gasteiger charge is -2.07. The van der Waals surface area contributed by atoms with Gasteiger partial charge in [0.1, 0.15) is 6.04 Å². The number of hydrogen-bond donors (Lipinski definition) is 2. The van der Waals surface area contributed by atoms with E-state index >= 15 is 0 Å². The minimum Gasteiger partial charge on any atom is -0.372 e. The van der Waals surface area contributed by atoms with Crippen molar-refractivity contribution in [1.29, 1.82) is 0 Å². The molecule has 0 bridgehead atoms. The molecule has 0 aliphatic carbocycles. The van der Waals surface area contributed by atoms with Crippen LogP contribution in [0.15, 0.2) is 0 Å². The quantitative estimate of drug-likeness (QED) is 0.259. The molecule has 0 radical (unpaired) electrons. The van der Waals surface area contributed by atoms with Crippen LogP contribution in [0.5, 0.6) is 0 Å². The second-order valence-electron chi connectivity index (χ2n) is 7.14. The molecule has 0 aliphatic heterocycles. The van der Waals surface area contributed by atoms with Crippen LogP contribution >= 0.6 is 0 Å². The Hall–Kier alpha value is -0.610. The van der Waals surface area contributed by atoms with Crippen molar-refractivity contribution in [3.05, 3.63) is 0 Å². The van der Waals surface area contributed by atoms with E-state index in [2.05, 4.69) is 11.8 Å². The summed E-state index contributed by atoms with van der Waals surface area (Å²) in [4.78, 5) is 15.2. The lowest BCUT2D eigenvalue weighted by atomic mass is 10.0. The van der Waals surface area contributed by atoms with Gasteiger partial charge >= 0.3 is 5.97 Å². The van der Waals surface area contributed by atoms with E-state index in [1.54, 1.807) is 0 Å². The molecule has 0 aromatic carbocycles. The smallest absolute Gasteiger partial charge is 0.341 e. The topological polar surface area (TPSA) is 78.3 Å². The molecule has 0 amide bonds. The van der Waals surface area contributed by atoms with Crippen molar-refractivity contribution in [2.75, 3.05) is 0 Å². The molecule has 24 heavy (non-hydrogen) atoms. The van der Waals surface area contributed by atoms with Gasteiger partial charge in [0.25, 0.3) is 0 Å². The number of unbranched alkanes of at least 4 members (excludes halogenated alkanes) is 15. The van der Waals surface area contributed by atoms with E-state index in [4.69, 9.17) is 11.6 Å². The number of rotatable bonds is 18. The summed E-state index contributed by atoms with van der Waals surface area (Å²) in [6.07, 6.45) is 22.2. The summed E-state index contributed by atoms with van der Waals surface area (Å²) in [6.45, 7) is 2.27.